The monoisotopic (exact) mass is 220 g/mol. The lowest BCUT2D eigenvalue weighted by Crippen LogP contribution is -2.30. The van der Waals surface area contributed by atoms with Gasteiger partial charge in [-0.15, -0.1) is 10.2 Å². The van der Waals surface area contributed by atoms with Crippen molar-refractivity contribution in [2.75, 3.05) is 23.3 Å². The minimum atomic E-state index is -0.125. The van der Waals surface area contributed by atoms with Gasteiger partial charge in [0, 0.05) is 20.0 Å². The zero-order valence-electron chi connectivity index (χ0n) is 9.44. The second-order valence-electron chi connectivity index (χ2n) is 4.01. The number of hydrogen-bond donors (Lipinski definition) is 1. The van der Waals surface area contributed by atoms with Gasteiger partial charge in [-0.2, -0.15) is 0 Å². The van der Waals surface area contributed by atoms with Crippen molar-refractivity contribution in [1.82, 2.24) is 10.2 Å². The molecule has 1 aromatic heterocycles. The van der Waals surface area contributed by atoms with Crippen molar-refractivity contribution >= 4 is 17.5 Å². The quantitative estimate of drug-likeness (QED) is 0.819. The lowest BCUT2D eigenvalue weighted by Gasteiger charge is -2.27. The first kappa shape index (κ1) is 10.9. The van der Waals surface area contributed by atoms with Crippen molar-refractivity contribution in [1.29, 1.82) is 0 Å². The third-order valence-electron chi connectivity index (χ3n) is 2.63. The first-order valence-corrected chi connectivity index (χ1v) is 5.62. The fraction of sp³-hybridized carbons (Fsp3) is 0.545. The Morgan fingerprint density at radius 2 is 2.00 bits per heavy atom. The summed E-state index contributed by atoms with van der Waals surface area (Å²) in [7, 11) is 0. The van der Waals surface area contributed by atoms with Crippen LogP contribution in [0.25, 0.3) is 0 Å². The number of hydrogen-bond acceptors (Lipinski definition) is 4. The number of anilines is 2. The SMILES string of the molecule is CC(=O)Nc1ccc(N2CCCCC2)nn1. The molecule has 2 heterocycles. The van der Waals surface area contributed by atoms with Crippen LogP contribution in [0.15, 0.2) is 12.1 Å². The van der Waals surface area contributed by atoms with Crippen LogP contribution in [-0.4, -0.2) is 29.2 Å². The molecule has 1 amide bonds. The van der Waals surface area contributed by atoms with Gasteiger partial charge >= 0.3 is 0 Å². The summed E-state index contributed by atoms with van der Waals surface area (Å²) in [5, 5.41) is 10.7. The summed E-state index contributed by atoms with van der Waals surface area (Å²) in [6, 6.07) is 3.70. The van der Waals surface area contributed by atoms with Gasteiger partial charge in [-0.05, 0) is 31.4 Å². The van der Waals surface area contributed by atoms with Crippen molar-refractivity contribution in [3.05, 3.63) is 12.1 Å². The first-order chi connectivity index (χ1) is 7.75. The Hall–Kier alpha value is -1.65. The molecule has 5 heteroatoms. The van der Waals surface area contributed by atoms with Crippen molar-refractivity contribution in [3.8, 4) is 0 Å². The third-order valence-corrected chi connectivity index (χ3v) is 2.63. The average molecular weight is 220 g/mol. The van der Waals surface area contributed by atoms with Gasteiger partial charge in [0.1, 0.15) is 0 Å². The number of carbonyl (C=O) groups is 1. The summed E-state index contributed by atoms with van der Waals surface area (Å²) in [5.74, 6) is 1.28. The molecule has 2 rings (SSSR count). The molecule has 0 aromatic carbocycles. The summed E-state index contributed by atoms with van der Waals surface area (Å²) in [6.45, 7) is 3.56. The van der Waals surface area contributed by atoms with Gasteiger partial charge in [-0.25, -0.2) is 0 Å². The highest BCUT2D eigenvalue weighted by molar-refractivity contribution is 5.87. The number of rotatable bonds is 2. The topological polar surface area (TPSA) is 58.1 Å². The second kappa shape index (κ2) is 4.92. The van der Waals surface area contributed by atoms with Crippen LogP contribution in [0.1, 0.15) is 26.2 Å². The fourth-order valence-electron chi connectivity index (χ4n) is 1.86. The van der Waals surface area contributed by atoms with Crippen LogP contribution in [0.5, 0.6) is 0 Å². The van der Waals surface area contributed by atoms with E-state index in [1.807, 2.05) is 6.07 Å². The zero-order valence-corrected chi connectivity index (χ0v) is 9.44. The van der Waals surface area contributed by atoms with Crippen molar-refractivity contribution in [2.45, 2.75) is 26.2 Å². The Bertz CT molecular complexity index is 357. The molecule has 1 aliphatic rings. The lowest BCUT2D eigenvalue weighted by atomic mass is 10.1. The van der Waals surface area contributed by atoms with Gasteiger partial charge < -0.3 is 10.2 Å². The minimum Gasteiger partial charge on any atom is -0.355 e. The molecule has 1 fully saturated rings. The normalized spacial score (nSPS) is 15.9. The standard InChI is InChI=1S/C11H16N4O/c1-9(16)12-10-5-6-11(14-13-10)15-7-3-2-4-8-15/h5-6H,2-4,7-8H2,1H3,(H,12,13,16). The molecule has 0 saturated carbocycles. The molecular weight excluding hydrogens is 204 g/mol. The average Bonchev–Trinajstić information content (AvgIpc) is 2.30. The van der Waals surface area contributed by atoms with Gasteiger partial charge in [0.05, 0.1) is 0 Å². The van der Waals surface area contributed by atoms with E-state index in [9.17, 15) is 4.79 Å². The molecular formula is C11H16N4O. The largest absolute Gasteiger partial charge is 0.355 e. The molecule has 1 aromatic rings. The van der Waals surface area contributed by atoms with E-state index in [-0.39, 0.29) is 5.91 Å². The van der Waals surface area contributed by atoms with Crippen molar-refractivity contribution < 1.29 is 4.79 Å². The van der Waals surface area contributed by atoms with Crippen LogP contribution in [0, 0.1) is 0 Å². The number of aromatic nitrogens is 2. The van der Waals surface area contributed by atoms with Crippen LogP contribution in [0.3, 0.4) is 0 Å². The molecule has 1 aliphatic heterocycles. The number of nitrogens with zero attached hydrogens (tertiary/aromatic N) is 3. The summed E-state index contributed by atoms with van der Waals surface area (Å²) in [6.07, 6.45) is 3.73. The van der Waals surface area contributed by atoms with Gasteiger partial charge in [0.25, 0.3) is 0 Å². The Labute approximate surface area is 94.9 Å². The van der Waals surface area contributed by atoms with E-state index >= 15 is 0 Å². The zero-order chi connectivity index (χ0) is 11.4. The Balaban J connectivity index is 2.03. The van der Waals surface area contributed by atoms with Crippen LogP contribution < -0.4 is 10.2 Å². The molecule has 86 valence electrons. The maximum Gasteiger partial charge on any atom is 0.222 e. The molecule has 0 atom stereocenters. The fourth-order valence-corrected chi connectivity index (χ4v) is 1.86. The number of nitrogens with one attached hydrogen (secondary N) is 1. The van der Waals surface area contributed by atoms with Crippen LogP contribution in [-0.2, 0) is 4.79 Å². The smallest absolute Gasteiger partial charge is 0.222 e. The van der Waals surface area contributed by atoms with Gasteiger partial charge in [0.2, 0.25) is 5.91 Å². The lowest BCUT2D eigenvalue weighted by molar-refractivity contribution is -0.114. The van der Waals surface area contributed by atoms with Crippen molar-refractivity contribution in [3.63, 3.8) is 0 Å². The number of carbonyl (C=O) groups excluding carboxylic acids is 1. The van der Waals surface area contributed by atoms with E-state index in [0.29, 0.717) is 5.82 Å². The van der Waals surface area contributed by atoms with Crippen LogP contribution >= 0.6 is 0 Å². The molecule has 5 nitrogen and oxygen atoms in total. The summed E-state index contributed by atoms with van der Waals surface area (Å²) < 4.78 is 0. The predicted octanol–water partition coefficient (Wildman–Crippen LogP) is 1.43. The third kappa shape index (κ3) is 2.68. The Morgan fingerprint density at radius 3 is 2.56 bits per heavy atom. The van der Waals surface area contributed by atoms with Gasteiger partial charge in [0.15, 0.2) is 11.6 Å². The molecule has 1 saturated heterocycles. The highest BCUT2D eigenvalue weighted by Crippen LogP contribution is 2.17. The van der Waals surface area contributed by atoms with E-state index in [1.165, 1.54) is 26.2 Å². The second-order valence-corrected chi connectivity index (χ2v) is 4.01. The number of piperidine rings is 1. The van der Waals surface area contributed by atoms with E-state index in [0.717, 1.165) is 18.9 Å². The Morgan fingerprint density at radius 1 is 1.25 bits per heavy atom. The molecule has 0 aliphatic carbocycles. The van der Waals surface area contributed by atoms with E-state index < -0.39 is 0 Å². The maximum atomic E-state index is 10.8. The van der Waals surface area contributed by atoms with E-state index in [2.05, 4.69) is 20.4 Å². The highest BCUT2D eigenvalue weighted by Gasteiger charge is 2.12. The molecule has 0 spiro atoms. The van der Waals surface area contributed by atoms with Crippen LogP contribution in [0.2, 0.25) is 0 Å². The predicted molar refractivity (Wildman–Crippen MR) is 62.4 cm³/mol. The van der Waals surface area contributed by atoms with Gasteiger partial charge in [-0.3, -0.25) is 4.79 Å². The summed E-state index contributed by atoms with van der Waals surface area (Å²) in [5.41, 5.74) is 0. The van der Waals surface area contributed by atoms with Crippen LogP contribution in [0.4, 0.5) is 11.6 Å². The highest BCUT2D eigenvalue weighted by atomic mass is 16.1. The molecule has 16 heavy (non-hydrogen) atoms. The van der Waals surface area contributed by atoms with E-state index in [1.54, 1.807) is 6.07 Å². The number of amides is 1. The Kier molecular flexibility index (Phi) is 3.34. The summed E-state index contributed by atoms with van der Waals surface area (Å²) >= 11 is 0. The summed E-state index contributed by atoms with van der Waals surface area (Å²) in [4.78, 5) is 13.0. The maximum absolute atomic E-state index is 10.8. The van der Waals surface area contributed by atoms with Crippen molar-refractivity contribution in [2.24, 2.45) is 0 Å². The molecule has 0 bridgehead atoms. The molecule has 0 radical (unpaired) electrons. The first-order valence-electron chi connectivity index (χ1n) is 5.62. The van der Waals surface area contributed by atoms with E-state index in [4.69, 9.17) is 0 Å². The van der Waals surface area contributed by atoms with Gasteiger partial charge in [-0.1, -0.05) is 0 Å². The molecule has 1 N–H and O–H groups in total. The molecule has 0 unspecified atom stereocenters. The minimum absolute atomic E-state index is 0.125.